The van der Waals surface area contributed by atoms with Crippen molar-refractivity contribution in [1.82, 2.24) is 4.90 Å². The molecule has 1 saturated heterocycles. The standard InChI is InChI=1S/C17H19ClF3N5O3/c1-16(2,3)29-15(28)26-8-10(24-25-22)7-13(26)14(27)23-9-4-5-12(18)11(6-9)17(19,20)21/h4-6,10,13H,7-8H2,1-3H3,(H,23,27). The molecule has 0 bridgehead atoms. The number of carbonyl (C=O) groups is 2. The van der Waals surface area contributed by atoms with Gasteiger partial charge >= 0.3 is 12.3 Å². The summed E-state index contributed by atoms with van der Waals surface area (Å²) in [6.07, 6.45) is -5.48. The number of halogens is 4. The fourth-order valence-corrected chi connectivity index (χ4v) is 3.01. The Morgan fingerprint density at radius 2 is 2.00 bits per heavy atom. The number of likely N-dealkylation sites (tertiary alicyclic amines) is 1. The predicted molar refractivity (Wildman–Crippen MR) is 99.4 cm³/mol. The fraction of sp³-hybridized carbons (Fsp3) is 0.529. The maximum Gasteiger partial charge on any atom is 0.417 e. The van der Waals surface area contributed by atoms with Gasteiger partial charge in [0.25, 0.3) is 0 Å². The Hall–Kier alpha value is -2.65. The lowest BCUT2D eigenvalue weighted by Crippen LogP contribution is -2.45. The van der Waals surface area contributed by atoms with Gasteiger partial charge in [-0.15, -0.1) is 0 Å². The molecule has 1 heterocycles. The molecule has 8 nitrogen and oxygen atoms in total. The summed E-state index contributed by atoms with van der Waals surface area (Å²) in [5, 5.41) is 5.38. The maximum atomic E-state index is 13.0. The zero-order chi connectivity index (χ0) is 22.0. The van der Waals surface area contributed by atoms with Crippen molar-refractivity contribution in [3.63, 3.8) is 0 Å². The number of amides is 2. The normalized spacial score (nSPS) is 19.5. The van der Waals surface area contributed by atoms with Crippen molar-refractivity contribution in [1.29, 1.82) is 0 Å². The number of alkyl halides is 3. The van der Waals surface area contributed by atoms with E-state index in [4.69, 9.17) is 21.9 Å². The highest BCUT2D eigenvalue weighted by molar-refractivity contribution is 6.31. The second-order valence-corrected chi connectivity index (χ2v) is 7.83. The summed E-state index contributed by atoms with van der Waals surface area (Å²) < 4.78 is 44.3. The Kier molecular flexibility index (Phi) is 6.54. The first kappa shape index (κ1) is 22.6. The van der Waals surface area contributed by atoms with Crippen LogP contribution in [0, 0.1) is 0 Å². The zero-order valence-corrected chi connectivity index (χ0v) is 16.6. The quantitative estimate of drug-likeness (QED) is 0.412. The van der Waals surface area contributed by atoms with Crippen LogP contribution in [0.1, 0.15) is 32.8 Å². The Labute approximate surface area is 169 Å². The van der Waals surface area contributed by atoms with Crippen LogP contribution in [0.2, 0.25) is 5.02 Å². The van der Waals surface area contributed by atoms with Crippen LogP contribution in [0.3, 0.4) is 0 Å². The van der Waals surface area contributed by atoms with E-state index in [0.717, 1.165) is 11.0 Å². The fourth-order valence-electron chi connectivity index (χ4n) is 2.79. The average molecular weight is 434 g/mol. The molecule has 0 radical (unpaired) electrons. The summed E-state index contributed by atoms with van der Waals surface area (Å²) in [7, 11) is 0. The van der Waals surface area contributed by atoms with Crippen molar-refractivity contribution in [2.75, 3.05) is 11.9 Å². The molecule has 2 atom stereocenters. The minimum absolute atomic E-state index is 0.00878. The third-order valence-electron chi connectivity index (χ3n) is 3.96. The van der Waals surface area contributed by atoms with Gasteiger partial charge in [-0.3, -0.25) is 9.69 Å². The minimum atomic E-state index is -4.69. The van der Waals surface area contributed by atoms with E-state index in [2.05, 4.69) is 15.3 Å². The Morgan fingerprint density at radius 3 is 2.55 bits per heavy atom. The Balaban J connectivity index is 2.24. The number of ether oxygens (including phenoxy) is 1. The number of carbonyl (C=O) groups excluding carboxylic acids is 2. The van der Waals surface area contributed by atoms with Crippen LogP contribution in [-0.4, -0.2) is 41.1 Å². The van der Waals surface area contributed by atoms with E-state index in [0.29, 0.717) is 6.07 Å². The van der Waals surface area contributed by atoms with E-state index >= 15 is 0 Å². The van der Waals surface area contributed by atoms with Gasteiger partial charge in [-0.25, -0.2) is 4.79 Å². The number of rotatable bonds is 3. The van der Waals surface area contributed by atoms with E-state index < -0.39 is 46.4 Å². The largest absolute Gasteiger partial charge is 0.444 e. The van der Waals surface area contributed by atoms with E-state index in [9.17, 15) is 22.8 Å². The molecule has 1 aromatic carbocycles. The number of benzene rings is 1. The smallest absolute Gasteiger partial charge is 0.417 e. The van der Waals surface area contributed by atoms with E-state index in [1.165, 1.54) is 6.07 Å². The predicted octanol–water partition coefficient (Wildman–Crippen LogP) is 4.99. The van der Waals surface area contributed by atoms with Crippen molar-refractivity contribution in [3.05, 3.63) is 39.2 Å². The zero-order valence-electron chi connectivity index (χ0n) is 15.8. The second kappa shape index (κ2) is 8.38. The topological polar surface area (TPSA) is 107 Å². The number of nitrogens with zero attached hydrogens (tertiary/aromatic N) is 4. The lowest BCUT2D eigenvalue weighted by Gasteiger charge is -2.28. The molecule has 2 amide bonds. The molecule has 158 valence electrons. The number of hydrogen-bond acceptors (Lipinski definition) is 4. The summed E-state index contributed by atoms with van der Waals surface area (Å²) in [6, 6.07) is 1.19. The molecule has 1 aliphatic heterocycles. The average Bonchev–Trinajstić information content (AvgIpc) is 2.99. The summed E-state index contributed by atoms with van der Waals surface area (Å²) in [4.78, 5) is 28.9. The van der Waals surface area contributed by atoms with Gasteiger partial charge in [0.05, 0.1) is 16.6 Å². The van der Waals surface area contributed by atoms with Crippen molar-refractivity contribution < 1.29 is 27.5 Å². The second-order valence-electron chi connectivity index (χ2n) is 7.42. The highest BCUT2D eigenvalue weighted by Gasteiger charge is 2.41. The summed E-state index contributed by atoms with van der Waals surface area (Å²) in [5.74, 6) is -0.734. The monoisotopic (exact) mass is 433 g/mol. The number of nitrogens with one attached hydrogen (secondary N) is 1. The van der Waals surface area contributed by atoms with Gasteiger partial charge in [-0.05, 0) is 50.9 Å². The first-order valence-corrected chi connectivity index (χ1v) is 8.91. The van der Waals surface area contributed by atoms with E-state index in [-0.39, 0.29) is 18.7 Å². The molecule has 2 unspecified atom stereocenters. The first-order chi connectivity index (χ1) is 13.3. The summed E-state index contributed by atoms with van der Waals surface area (Å²) in [6.45, 7) is 4.89. The van der Waals surface area contributed by atoms with Gasteiger partial charge in [0, 0.05) is 17.1 Å². The molecule has 2 rings (SSSR count). The van der Waals surface area contributed by atoms with Crippen molar-refractivity contribution in [2.24, 2.45) is 5.11 Å². The molecule has 1 aromatic rings. The van der Waals surface area contributed by atoms with E-state index in [1.807, 2.05) is 0 Å². The van der Waals surface area contributed by atoms with Crippen LogP contribution in [0.4, 0.5) is 23.7 Å². The molecule has 0 aromatic heterocycles. The lowest BCUT2D eigenvalue weighted by molar-refractivity contribution is -0.137. The molecule has 1 aliphatic rings. The van der Waals surface area contributed by atoms with E-state index in [1.54, 1.807) is 20.8 Å². The molecule has 1 N–H and O–H groups in total. The van der Waals surface area contributed by atoms with Gasteiger partial charge in [-0.1, -0.05) is 16.7 Å². The molecule has 0 aliphatic carbocycles. The Morgan fingerprint density at radius 1 is 1.34 bits per heavy atom. The van der Waals surface area contributed by atoms with Crippen molar-refractivity contribution in [2.45, 2.75) is 51.1 Å². The highest BCUT2D eigenvalue weighted by Crippen LogP contribution is 2.36. The number of hydrogen-bond donors (Lipinski definition) is 1. The highest BCUT2D eigenvalue weighted by atomic mass is 35.5. The number of azide groups is 1. The van der Waals surface area contributed by atoms with Gasteiger partial charge in [0.2, 0.25) is 5.91 Å². The van der Waals surface area contributed by atoms with Gasteiger partial charge in [0.1, 0.15) is 11.6 Å². The van der Waals surface area contributed by atoms with Crippen LogP contribution in [0.5, 0.6) is 0 Å². The molecular formula is C17H19ClF3N5O3. The third kappa shape index (κ3) is 5.91. The lowest BCUT2D eigenvalue weighted by atomic mass is 10.1. The van der Waals surface area contributed by atoms with Crippen molar-refractivity contribution in [3.8, 4) is 0 Å². The van der Waals surface area contributed by atoms with Crippen LogP contribution < -0.4 is 5.32 Å². The van der Waals surface area contributed by atoms with Gasteiger partial charge in [-0.2, -0.15) is 13.2 Å². The minimum Gasteiger partial charge on any atom is -0.444 e. The van der Waals surface area contributed by atoms with Crippen molar-refractivity contribution >= 4 is 29.3 Å². The van der Waals surface area contributed by atoms with Crippen LogP contribution in [0.25, 0.3) is 10.4 Å². The number of anilines is 1. The summed E-state index contributed by atoms with van der Waals surface area (Å²) >= 11 is 5.58. The SMILES string of the molecule is CC(C)(C)OC(=O)N1CC(N=[N+]=[N-])CC1C(=O)Nc1ccc(Cl)c(C(F)(F)F)c1. The summed E-state index contributed by atoms with van der Waals surface area (Å²) in [5.41, 5.74) is 6.57. The van der Waals surface area contributed by atoms with Crippen LogP contribution in [0.15, 0.2) is 23.3 Å². The van der Waals surface area contributed by atoms with Crippen LogP contribution in [-0.2, 0) is 15.7 Å². The van der Waals surface area contributed by atoms with Gasteiger partial charge in [0.15, 0.2) is 0 Å². The maximum absolute atomic E-state index is 13.0. The Bertz CT molecular complexity index is 850. The molecule has 0 spiro atoms. The molecule has 0 saturated carbocycles. The van der Waals surface area contributed by atoms with Crippen LogP contribution >= 0.6 is 11.6 Å². The first-order valence-electron chi connectivity index (χ1n) is 8.53. The molecule has 12 heteroatoms. The molecule has 1 fully saturated rings. The molecule has 29 heavy (non-hydrogen) atoms. The third-order valence-corrected chi connectivity index (χ3v) is 4.29. The van der Waals surface area contributed by atoms with Gasteiger partial charge < -0.3 is 10.1 Å². The molecular weight excluding hydrogens is 415 g/mol.